The largest absolute Gasteiger partial charge is 0.416 e. The van der Waals surface area contributed by atoms with Crippen LogP contribution in [-0.4, -0.2) is 31.2 Å². The van der Waals surface area contributed by atoms with Gasteiger partial charge >= 0.3 is 12.2 Å². The summed E-state index contributed by atoms with van der Waals surface area (Å²) in [4.78, 5) is 17.8. The van der Waals surface area contributed by atoms with E-state index in [0.29, 0.717) is 25.2 Å². The van der Waals surface area contributed by atoms with Crippen LogP contribution in [0, 0.1) is 5.92 Å². The molecule has 3 rings (SSSR count). The molecule has 8 heteroatoms. The van der Waals surface area contributed by atoms with Crippen LogP contribution in [0.2, 0.25) is 0 Å². The maximum atomic E-state index is 12.8. The second-order valence-electron chi connectivity index (χ2n) is 6.15. The summed E-state index contributed by atoms with van der Waals surface area (Å²) in [5.41, 5.74) is 1.73. The van der Waals surface area contributed by atoms with Gasteiger partial charge in [-0.1, -0.05) is 0 Å². The predicted molar refractivity (Wildman–Crippen MR) is 92.3 cm³/mol. The maximum absolute atomic E-state index is 12.8. The van der Waals surface area contributed by atoms with Crippen LogP contribution >= 0.6 is 0 Å². The van der Waals surface area contributed by atoms with Crippen LogP contribution in [-0.2, 0) is 12.6 Å². The van der Waals surface area contributed by atoms with E-state index in [1.807, 2.05) is 11.0 Å². The fourth-order valence-corrected chi connectivity index (χ4v) is 3.06. The molecule has 2 N–H and O–H groups in total. The van der Waals surface area contributed by atoms with Crippen molar-refractivity contribution in [1.29, 1.82) is 0 Å². The minimum absolute atomic E-state index is 0.0944. The van der Waals surface area contributed by atoms with Crippen molar-refractivity contribution >= 4 is 17.4 Å². The highest BCUT2D eigenvalue weighted by Gasteiger charge is 2.31. The van der Waals surface area contributed by atoms with Gasteiger partial charge in [-0.15, -0.1) is 0 Å². The molecule has 1 aliphatic rings. The van der Waals surface area contributed by atoms with Gasteiger partial charge in [-0.2, -0.15) is 13.2 Å². The van der Waals surface area contributed by atoms with Gasteiger partial charge in [0.05, 0.1) is 16.9 Å². The molecule has 138 valence electrons. The fraction of sp³-hybridized carbons (Fsp3) is 0.333. The van der Waals surface area contributed by atoms with E-state index in [-0.39, 0.29) is 11.9 Å². The summed E-state index contributed by atoms with van der Waals surface area (Å²) in [7, 11) is 1.54. The van der Waals surface area contributed by atoms with Crippen molar-refractivity contribution in [2.24, 2.45) is 5.92 Å². The fourth-order valence-electron chi connectivity index (χ4n) is 3.06. The summed E-state index contributed by atoms with van der Waals surface area (Å²) in [5.74, 6) is 0.0944. The lowest BCUT2D eigenvalue weighted by molar-refractivity contribution is -0.137. The summed E-state index contributed by atoms with van der Waals surface area (Å²) < 4.78 is 38.4. The number of nitrogens with one attached hydrogen (secondary N) is 2. The standard InChI is InChI=1S/C18H19F3N4O/c1-22-17(26)24-10-12-9-15-16(3-2-8-23-15)25(11-12)14-6-4-13(5-7-14)18(19,20)21/h2-8,12H,9-11H2,1H3,(H2,22,24,26). The molecule has 1 atom stereocenters. The minimum atomic E-state index is -4.36. The van der Waals surface area contributed by atoms with Gasteiger partial charge in [0, 0.05) is 32.0 Å². The lowest BCUT2D eigenvalue weighted by Crippen LogP contribution is -2.42. The maximum Gasteiger partial charge on any atom is 0.416 e. The van der Waals surface area contributed by atoms with Crippen LogP contribution < -0.4 is 15.5 Å². The molecule has 0 aliphatic carbocycles. The number of alkyl halides is 3. The quantitative estimate of drug-likeness (QED) is 0.878. The molecule has 2 amide bonds. The molecule has 1 aliphatic heterocycles. The molecule has 0 saturated heterocycles. The van der Waals surface area contributed by atoms with E-state index in [2.05, 4.69) is 15.6 Å². The average molecular weight is 364 g/mol. The number of urea groups is 1. The van der Waals surface area contributed by atoms with E-state index < -0.39 is 11.7 Å². The summed E-state index contributed by atoms with van der Waals surface area (Å²) >= 11 is 0. The molecule has 2 aromatic rings. The number of amides is 2. The highest BCUT2D eigenvalue weighted by Crippen LogP contribution is 2.36. The highest BCUT2D eigenvalue weighted by molar-refractivity contribution is 5.73. The number of pyridine rings is 1. The monoisotopic (exact) mass is 364 g/mol. The number of anilines is 2. The Labute approximate surface area is 149 Å². The lowest BCUT2D eigenvalue weighted by atomic mass is 9.95. The second kappa shape index (κ2) is 7.23. The molecule has 2 heterocycles. The number of benzene rings is 1. The average Bonchev–Trinajstić information content (AvgIpc) is 2.64. The number of hydrogen-bond donors (Lipinski definition) is 2. The Morgan fingerprint density at radius 2 is 2.00 bits per heavy atom. The van der Waals surface area contributed by atoms with Crippen molar-refractivity contribution in [2.45, 2.75) is 12.6 Å². The van der Waals surface area contributed by atoms with Gasteiger partial charge in [0.15, 0.2) is 0 Å². The number of nitrogens with zero attached hydrogens (tertiary/aromatic N) is 2. The number of carbonyl (C=O) groups excluding carboxylic acids is 1. The first-order valence-corrected chi connectivity index (χ1v) is 8.22. The third kappa shape index (κ3) is 3.89. The predicted octanol–water partition coefficient (Wildman–Crippen LogP) is 3.34. The number of fused-ring (bicyclic) bond motifs is 1. The van der Waals surface area contributed by atoms with Crippen molar-refractivity contribution in [1.82, 2.24) is 15.6 Å². The first-order valence-electron chi connectivity index (χ1n) is 8.22. The third-order valence-electron chi connectivity index (χ3n) is 4.36. The third-order valence-corrected chi connectivity index (χ3v) is 4.36. The van der Waals surface area contributed by atoms with Crippen LogP contribution in [0.5, 0.6) is 0 Å². The molecule has 0 bridgehead atoms. The first kappa shape index (κ1) is 18.0. The highest BCUT2D eigenvalue weighted by atomic mass is 19.4. The van der Waals surface area contributed by atoms with Crippen LogP contribution in [0.4, 0.5) is 29.3 Å². The first-order chi connectivity index (χ1) is 12.4. The molecule has 1 aromatic heterocycles. The van der Waals surface area contributed by atoms with E-state index >= 15 is 0 Å². The molecule has 5 nitrogen and oxygen atoms in total. The minimum Gasteiger partial charge on any atom is -0.341 e. The SMILES string of the molecule is CNC(=O)NCC1Cc2ncccc2N(c2ccc(C(F)(F)F)cc2)C1. The van der Waals surface area contributed by atoms with Crippen molar-refractivity contribution in [3.8, 4) is 0 Å². The van der Waals surface area contributed by atoms with Crippen molar-refractivity contribution < 1.29 is 18.0 Å². The number of halogens is 3. The summed E-state index contributed by atoms with van der Waals surface area (Å²) in [6.45, 7) is 1.03. The van der Waals surface area contributed by atoms with E-state index in [9.17, 15) is 18.0 Å². The van der Waals surface area contributed by atoms with Crippen LogP contribution in [0.3, 0.4) is 0 Å². The van der Waals surface area contributed by atoms with Crippen LogP contribution in [0.1, 0.15) is 11.3 Å². The normalized spacial score (nSPS) is 16.8. The van der Waals surface area contributed by atoms with E-state index in [1.54, 1.807) is 19.3 Å². The Morgan fingerprint density at radius 1 is 1.27 bits per heavy atom. The zero-order chi connectivity index (χ0) is 18.7. The Bertz CT molecular complexity index is 777. The van der Waals surface area contributed by atoms with Crippen molar-refractivity contribution in [3.63, 3.8) is 0 Å². The molecule has 1 aromatic carbocycles. The molecular formula is C18H19F3N4O. The second-order valence-corrected chi connectivity index (χ2v) is 6.15. The Hall–Kier alpha value is -2.77. The number of hydrogen-bond acceptors (Lipinski definition) is 3. The Balaban J connectivity index is 1.85. The molecule has 0 radical (unpaired) electrons. The summed E-state index contributed by atoms with van der Waals surface area (Å²) in [6.07, 6.45) is -1.98. The zero-order valence-corrected chi connectivity index (χ0v) is 14.2. The molecular weight excluding hydrogens is 345 g/mol. The summed E-state index contributed by atoms with van der Waals surface area (Å²) in [5, 5.41) is 5.28. The number of aromatic nitrogens is 1. The molecule has 1 unspecified atom stereocenters. The molecule has 0 saturated carbocycles. The van der Waals surface area contributed by atoms with Crippen molar-refractivity contribution in [3.05, 3.63) is 53.9 Å². The lowest BCUT2D eigenvalue weighted by Gasteiger charge is -2.35. The Kier molecular flexibility index (Phi) is 5.01. The van der Waals surface area contributed by atoms with Crippen molar-refractivity contribution in [2.75, 3.05) is 25.0 Å². The van der Waals surface area contributed by atoms with E-state index in [1.165, 1.54) is 12.1 Å². The zero-order valence-electron chi connectivity index (χ0n) is 14.2. The van der Waals surface area contributed by atoms with Gasteiger partial charge in [0.2, 0.25) is 0 Å². The van der Waals surface area contributed by atoms with Gasteiger partial charge in [0.1, 0.15) is 0 Å². The molecule has 0 spiro atoms. The Morgan fingerprint density at radius 3 is 2.65 bits per heavy atom. The van der Waals surface area contributed by atoms with Gasteiger partial charge in [-0.25, -0.2) is 4.79 Å². The van der Waals surface area contributed by atoms with Gasteiger partial charge in [-0.05, 0) is 48.7 Å². The summed E-state index contributed by atoms with van der Waals surface area (Å²) in [6, 6.07) is 8.54. The smallest absolute Gasteiger partial charge is 0.341 e. The van der Waals surface area contributed by atoms with E-state index in [0.717, 1.165) is 23.5 Å². The van der Waals surface area contributed by atoms with Crippen LogP contribution in [0.25, 0.3) is 0 Å². The molecule has 26 heavy (non-hydrogen) atoms. The number of rotatable bonds is 3. The van der Waals surface area contributed by atoms with Crippen LogP contribution in [0.15, 0.2) is 42.6 Å². The van der Waals surface area contributed by atoms with Gasteiger partial charge < -0.3 is 15.5 Å². The van der Waals surface area contributed by atoms with Gasteiger partial charge in [-0.3, -0.25) is 4.98 Å². The number of carbonyl (C=O) groups is 1. The molecule has 0 fully saturated rings. The topological polar surface area (TPSA) is 57.3 Å². The van der Waals surface area contributed by atoms with E-state index in [4.69, 9.17) is 0 Å². The van der Waals surface area contributed by atoms with Gasteiger partial charge in [0.25, 0.3) is 0 Å².